The zero-order chi connectivity index (χ0) is 23.7. The standard InChI is InChI=1S/C24H25N3O6/c1-3-20-21-14(8-9-27(20)23(30)17-12-33-24(31)22(29)13(17)2)11-16-15(5-4-10-28)19(26-32)7-6-18(16)25-21/h3,6-7,11,22,28-29H,4-5,8-10,12H2,1-2H3/b20-3-. The summed E-state index contributed by atoms with van der Waals surface area (Å²) in [5.41, 5.74) is 4.55. The average molecular weight is 451 g/mol. The number of aliphatic hydroxyl groups is 2. The van der Waals surface area contributed by atoms with Gasteiger partial charge in [0.25, 0.3) is 5.91 Å². The third kappa shape index (κ3) is 3.94. The van der Waals surface area contributed by atoms with Gasteiger partial charge in [0, 0.05) is 18.5 Å². The molecule has 2 N–H and O–H groups in total. The molecule has 1 aromatic carbocycles. The number of carbonyl (C=O) groups excluding carboxylic acids is 2. The van der Waals surface area contributed by atoms with Crippen molar-refractivity contribution < 1.29 is 24.5 Å². The second-order valence-electron chi connectivity index (χ2n) is 8.10. The van der Waals surface area contributed by atoms with E-state index in [0.29, 0.717) is 54.0 Å². The second kappa shape index (κ2) is 9.21. The summed E-state index contributed by atoms with van der Waals surface area (Å²) in [6, 6.07) is 5.34. The zero-order valence-corrected chi connectivity index (χ0v) is 18.5. The highest BCUT2D eigenvalue weighted by Gasteiger charge is 2.35. The molecule has 2 aliphatic rings. The van der Waals surface area contributed by atoms with Crippen molar-refractivity contribution >= 4 is 34.2 Å². The Morgan fingerprint density at radius 2 is 2.18 bits per heavy atom. The topological polar surface area (TPSA) is 129 Å². The van der Waals surface area contributed by atoms with Gasteiger partial charge in [-0.25, -0.2) is 9.78 Å². The Morgan fingerprint density at radius 3 is 2.88 bits per heavy atom. The Balaban J connectivity index is 1.76. The van der Waals surface area contributed by atoms with E-state index in [-0.39, 0.29) is 24.7 Å². The fraction of sp³-hybridized carbons (Fsp3) is 0.375. The van der Waals surface area contributed by atoms with Crippen LogP contribution >= 0.6 is 0 Å². The molecule has 0 bridgehead atoms. The van der Waals surface area contributed by atoms with Gasteiger partial charge in [-0.3, -0.25) is 4.79 Å². The number of fused-ring (bicyclic) bond motifs is 2. The number of aromatic nitrogens is 1. The highest BCUT2D eigenvalue weighted by molar-refractivity contribution is 6.02. The van der Waals surface area contributed by atoms with Crippen molar-refractivity contribution in [1.82, 2.24) is 9.88 Å². The first-order chi connectivity index (χ1) is 15.9. The molecule has 1 amide bonds. The third-order valence-corrected chi connectivity index (χ3v) is 6.23. The number of hydrogen-bond donors (Lipinski definition) is 2. The fourth-order valence-corrected chi connectivity index (χ4v) is 4.41. The van der Waals surface area contributed by atoms with Crippen LogP contribution in [0.15, 0.2) is 40.6 Å². The van der Waals surface area contributed by atoms with Crippen LogP contribution in [0, 0.1) is 4.91 Å². The lowest BCUT2D eigenvalue weighted by Crippen LogP contribution is -2.41. The predicted octanol–water partition coefficient (Wildman–Crippen LogP) is 2.54. The van der Waals surface area contributed by atoms with E-state index in [1.54, 1.807) is 24.0 Å². The van der Waals surface area contributed by atoms with Crippen molar-refractivity contribution in [3.63, 3.8) is 0 Å². The fourth-order valence-electron chi connectivity index (χ4n) is 4.41. The molecular formula is C24H25N3O6. The van der Waals surface area contributed by atoms with Crippen LogP contribution in [-0.2, 0) is 27.2 Å². The summed E-state index contributed by atoms with van der Waals surface area (Å²) >= 11 is 0. The van der Waals surface area contributed by atoms with Crippen LogP contribution in [0.1, 0.15) is 37.1 Å². The van der Waals surface area contributed by atoms with Crippen LogP contribution in [0.3, 0.4) is 0 Å². The van der Waals surface area contributed by atoms with Gasteiger partial charge in [0.1, 0.15) is 12.3 Å². The number of aliphatic hydroxyl groups excluding tert-OH is 2. The molecule has 9 nitrogen and oxygen atoms in total. The minimum Gasteiger partial charge on any atom is -0.458 e. The quantitative estimate of drug-likeness (QED) is 0.528. The minimum absolute atomic E-state index is 0.00607. The van der Waals surface area contributed by atoms with E-state index in [9.17, 15) is 24.7 Å². The average Bonchev–Trinajstić information content (AvgIpc) is 2.83. The number of amides is 1. The van der Waals surface area contributed by atoms with Gasteiger partial charge in [-0.2, -0.15) is 0 Å². The Bertz CT molecular complexity index is 1220. The zero-order valence-electron chi connectivity index (χ0n) is 18.5. The van der Waals surface area contributed by atoms with Crippen molar-refractivity contribution in [2.75, 3.05) is 19.8 Å². The van der Waals surface area contributed by atoms with E-state index >= 15 is 0 Å². The molecular weight excluding hydrogens is 426 g/mol. The Labute approximate surface area is 190 Å². The Morgan fingerprint density at radius 1 is 1.39 bits per heavy atom. The molecule has 172 valence electrons. The minimum atomic E-state index is -1.44. The van der Waals surface area contributed by atoms with Crippen molar-refractivity contribution in [2.45, 2.75) is 39.2 Å². The van der Waals surface area contributed by atoms with Gasteiger partial charge in [0.2, 0.25) is 0 Å². The monoisotopic (exact) mass is 451 g/mol. The molecule has 2 aromatic rings. The summed E-state index contributed by atoms with van der Waals surface area (Å²) in [4.78, 5) is 42.7. The van der Waals surface area contributed by atoms with Crippen molar-refractivity contribution in [2.24, 2.45) is 5.18 Å². The number of carbonyl (C=O) groups is 2. The molecule has 3 heterocycles. The number of nitroso groups, excluding NO2 is 1. The van der Waals surface area contributed by atoms with E-state index in [0.717, 1.165) is 16.5 Å². The maximum atomic E-state index is 13.3. The molecule has 1 aromatic heterocycles. The number of esters is 1. The lowest BCUT2D eigenvalue weighted by molar-refractivity contribution is -0.152. The predicted molar refractivity (Wildman–Crippen MR) is 121 cm³/mol. The summed E-state index contributed by atoms with van der Waals surface area (Å²) in [6.45, 7) is 3.59. The van der Waals surface area contributed by atoms with Gasteiger partial charge in [0.05, 0.1) is 22.5 Å². The number of aryl methyl sites for hydroxylation is 1. The molecule has 0 radical (unpaired) electrons. The number of ether oxygens (including phenoxy) is 1. The smallest absolute Gasteiger partial charge is 0.339 e. The van der Waals surface area contributed by atoms with Crippen LogP contribution in [0.5, 0.6) is 0 Å². The SMILES string of the molecule is C/C=C1/c2nc3ccc(N=O)c(CCCO)c3cc2CCN1C(=O)C1=C(C)C(O)C(=O)OC1. The summed E-state index contributed by atoms with van der Waals surface area (Å²) in [6.07, 6.45) is 1.92. The number of allylic oxidation sites excluding steroid dienone is 1. The van der Waals surface area contributed by atoms with E-state index < -0.39 is 12.1 Å². The first-order valence-corrected chi connectivity index (χ1v) is 10.8. The van der Waals surface area contributed by atoms with E-state index in [4.69, 9.17) is 9.72 Å². The van der Waals surface area contributed by atoms with Gasteiger partial charge < -0.3 is 19.8 Å². The maximum absolute atomic E-state index is 13.3. The Kier molecular flexibility index (Phi) is 6.35. The number of benzene rings is 1. The van der Waals surface area contributed by atoms with E-state index in [1.807, 2.05) is 19.1 Å². The van der Waals surface area contributed by atoms with Crippen molar-refractivity contribution in [1.29, 1.82) is 0 Å². The van der Waals surface area contributed by atoms with Crippen LogP contribution < -0.4 is 0 Å². The highest BCUT2D eigenvalue weighted by Crippen LogP contribution is 2.35. The molecule has 33 heavy (non-hydrogen) atoms. The van der Waals surface area contributed by atoms with Gasteiger partial charge in [0.15, 0.2) is 6.10 Å². The first-order valence-electron chi connectivity index (χ1n) is 10.8. The lowest BCUT2D eigenvalue weighted by atomic mass is 9.94. The van der Waals surface area contributed by atoms with Gasteiger partial charge in [-0.1, -0.05) is 6.08 Å². The highest BCUT2D eigenvalue weighted by atomic mass is 16.5. The second-order valence-corrected chi connectivity index (χ2v) is 8.10. The third-order valence-electron chi connectivity index (χ3n) is 6.23. The van der Waals surface area contributed by atoms with Crippen LogP contribution in [-0.4, -0.2) is 57.8 Å². The van der Waals surface area contributed by atoms with E-state index in [1.165, 1.54) is 0 Å². The Hall–Kier alpha value is -3.43. The van der Waals surface area contributed by atoms with Crippen LogP contribution in [0.4, 0.5) is 5.69 Å². The molecule has 9 heteroatoms. The molecule has 0 spiro atoms. The molecule has 0 fully saturated rings. The van der Waals surface area contributed by atoms with E-state index in [2.05, 4.69) is 5.18 Å². The number of cyclic esters (lactones) is 1. The number of pyridine rings is 1. The number of hydrogen-bond acceptors (Lipinski definition) is 8. The molecule has 0 saturated carbocycles. The molecule has 1 unspecified atom stereocenters. The summed E-state index contributed by atoms with van der Waals surface area (Å²) in [7, 11) is 0. The summed E-state index contributed by atoms with van der Waals surface area (Å²) in [5, 5.41) is 23.2. The number of nitrogens with zero attached hydrogens (tertiary/aromatic N) is 3. The van der Waals surface area contributed by atoms with Crippen LogP contribution in [0.2, 0.25) is 0 Å². The lowest BCUT2D eigenvalue weighted by Gasteiger charge is -2.33. The molecule has 4 rings (SSSR count). The van der Waals surface area contributed by atoms with Gasteiger partial charge >= 0.3 is 5.97 Å². The summed E-state index contributed by atoms with van der Waals surface area (Å²) in [5.74, 6) is -1.09. The molecule has 0 aliphatic carbocycles. The van der Waals surface area contributed by atoms with Crippen molar-refractivity contribution in [3.05, 3.63) is 57.1 Å². The maximum Gasteiger partial charge on any atom is 0.339 e. The molecule has 2 aliphatic heterocycles. The van der Waals surface area contributed by atoms with Gasteiger partial charge in [-0.05, 0) is 73.2 Å². The number of rotatable bonds is 5. The first kappa shape index (κ1) is 22.8. The molecule has 1 atom stereocenters. The normalized spacial score (nSPS) is 19.6. The largest absolute Gasteiger partial charge is 0.458 e. The van der Waals surface area contributed by atoms with Crippen LogP contribution in [0.25, 0.3) is 16.6 Å². The van der Waals surface area contributed by atoms with Crippen molar-refractivity contribution in [3.8, 4) is 0 Å². The molecule has 0 saturated heterocycles. The van der Waals surface area contributed by atoms with Gasteiger partial charge in [-0.15, -0.1) is 4.91 Å². The summed E-state index contributed by atoms with van der Waals surface area (Å²) < 4.78 is 4.97.